The molecule has 1 rings (SSSR count). The maximum Gasteiger partial charge on any atom is 0.0642 e. The Morgan fingerprint density at radius 3 is 2.91 bits per heavy atom. The van der Waals surface area contributed by atoms with Gasteiger partial charge in [-0.15, -0.1) is 11.3 Å². The van der Waals surface area contributed by atoms with E-state index in [2.05, 4.69) is 0 Å². The number of nitrogens with two attached hydrogens (primary N) is 2. The fraction of sp³-hybridized carbons (Fsp3) is 0.286. The number of hydrogen-bond donors (Lipinski definition) is 2. The highest BCUT2D eigenvalue weighted by Crippen LogP contribution is 2.23. The molecule has 0 radical (unpaired) electrons. The predicted octanol–water partition coefficient (Wildman–Crippen LogP) is 1.24. The van der Waals surface area contributed by atoms with E-state index in [9.17, 15) is 0 Å². The van der Waals surface area contributed by atoms with Crippen LogP contribution in [0, 0.1) is 11.3 Å². The molecule has 0 saturated carbocycles. The fourth-order valence-corrected chi connectivity index (χ4v) is 1.56. The molecule has 0 aliphatic heterocycles. The summed E-state index contributed by atoms with van der Waals surface area (Å²) in [5, 5.41) is 10.2. The molecule has 0 saturated heterocycles. The first-order valence-electron chi connectivity index (χ1n) is 3.20. The Morgan fingerprint density at radius 2 is 2.45 bits per heavy atom. The molecule has 3 nitrogen and oxygen atoms in total. The van der Waals surface area contributed by atoms with Gasteiger partial charge in [-0.05, 0) is 6.07 Å². The van der Waals surface area contributed by atoms with Crippen molar-refractivity contribution < 1.29 is 0 Å². The average molecular weight is 167 g/mol. The average Bonchev–Trinajstić information content (AvgIpc) is 2.36. The van der Waals surface area contributed by atoms with Gasteiger partial charge in [0, 0.05) is 15.9 Å². The molecule has 11 heavy (non-hydrogen) atoms. The molecule has 0 spiro atoms. The summed E-state index contributed by atoms with van der Waals surface area (Å²) in [4.78, 5) is 0.976. The molecule has 1 aromatic rings. The number of rotatable bonds is 2. The van der Waals surface area contributed by atoms with Crippen molar-refractivity contribution in [2.45, 2.75) is 12.5 Å². The van der Waals surface area contributed by atoms with Crippen LogP contribution in [0.15, 0.2) is 11.4 Å². The van der Waals surface area contributed by atoms with E-state index < -0.39 is 0 Å². The van der Waals surface area contributed by atoms with Crippen LogP contribution >= 0.6 is 11.3 Å². The van der Waals surface area contributed by atoms with E-state index in [0.717, 1.165) is 10.6 Å². The standard InChI is InChI=1S/C7H9N3S/c8-2-1-6(10)7-3-5(9)4-11-7/h3-4,6H,1,9-10H2/t6-/m0/s1. The lowest BCUT2D eigenvalue weighted by Gasteiger charge is -2.01. The first-order chi connectivity index (χ1) is 5.24. The van der Waals surface area contributed by atoms with Crippen LogP contribution in [0.25, 0.3) is 0 Å². The Kier molecular flexibility index (Phi) is 2.47. The van der Waals surface area contributed by atoms with Crippen LogP contribution < -0.4 is 11.5 Å². The van der Waals surface area contributed by atoms with Gasteiger partial charge in [0.05, 0.1) is 18.5 Å². The third-order valence-corrected chi connectivity index (χ3v) is 2.40. The SMILES string of the molecule is N#CC[C@H](N)c1cc(N)cs1. The van der Waals surface area contributed by atoms with Crippen molar-refractivity contribution in [1.82, 2.24) is 0 Å². The predicted molar refractivity (Wildman–Crippen MR) is 45.9 cm³/mol. The lowest BCUT2D eigenvalue weighted by atomic mass is 10.2. The van der Waals surface area contributed by atoms with Gasteiger partial charge >= 0.3 is 0 Å². The summed E-state index contributed by atoms with van der Waals surface area (Å²) in [6, 6.07) is 3.65. The third-order valence-electron chi connectivity index (χ3n) is 1.32. The van der Waals surface area contributed by atoms with Crippen molar-refractivity contribution in [3.63, 3.8) is 0 Å². The van der Waals surface area contributed by atoms with Crippen molar-refractivity contribution >= 4 is 17.0 Å². The summed E-state index contributed by atoms with van der Waals surface area (Å²) >= 11 is 1.50. The maximum atomic E-state index is 8.35. The van der Waals surface area contributed by atoms with Crippen LogP contribution in [-0.4, -0.2) is 0 Å². The molecular weight excluding hydrogens is 158 g/mol. The number of nitrogens with zero attached hydrogens (tertiary/aromatic N) is 1. The van der Waals surface area contributed by atoms with E-state index in [1.807, 2.05) is 17.5 Å². The van der Waals surface area contributed by atoms with Gasteiger partial charge in [-0.2, -0.15) is 5.26 Å². The maximum absolute atomic E-state index is 8.35. The molecule has 0 aliphatic carbocycles. The second-order valence-electron chi connectivity index (χ2n) is 2.25. The quantitative estimate of drug-likeness (QED) is 0.695. The summed E-state index contributed by atoms with van der Waals surface area (Å²) in [7, 11) is 0. The molecule has 0 unspecified atom stereocenters. The summed E-state index contributed by atoms with van der Waals surface area (Å²) in [6.07, 6.45) is 0.347. The number of hydrogen-bond acceptors (Lipinski definition) is 4. The number of nitrogen functional groups attached to an aromatic ring is 1. The Morgan fingerprint density at radius 1 is 1.73 bits per heavy atom. The van der Waals surface area contributed by atoms with Gasteiger partial charge in [-0.3, -0.25) is 0 Å². The Balaban J connectivity index is 2.70. The highest BCUT2D eigenvalue weighted by molar-refractivity contribution is 7.10. The summed E-state index contributed by atoms with van der Waals surface area (Å²) in [6.45, 7) is 0. The van der Waals surface area contributed by atoms with Crippen molar-refractivity contribution in [3.8, 4) is 6.07 Å². The lowest BCUT2D eigenvalue weighted by Crippen LogP contribution is -2.06. The second kappa shape index (κ2) is 3.37. The second-order valence-corrected chi connectivity index (χ2v) is 3.19. The summed E-state index contributed by atoms with van der Waals surface area (Å²) in [5.41, 5.74) is 11.9. The van der Waals surface area contributed by atoms with Crippen LogP contribution in [0.2, 0.25) is 0 Å². The molecule has 1 atom stereocenters. The van der Waals surface area contributed by atoms with Crippen molar-refractivity contribution in [2.75, 3.05) is 5.73 Å². The summed E-state index contributed by atoms with van der Waals surface area (Å²) < 4.78 is 0. The van der Waals surface area contributed by atoms with Gasteiger partial charge in [-0.1, -0.05) is 0 Å². The smallest absolute Gasteiger partial charge is 0.0642 e. The van der Waals surface area contributed by atoms with Gasteiger partial charge < -0.3 is 11.5 Å². The van der Waals surface area contributed by atoms with Crippen LogP contribution in [0.5, 0.6) is 0 Å². The molecule has 0 bridgehead atoms. The van der Waals surface area contributed by atoms with E-state index in [-0.39, 0.29) is 6.04 Å². The zero-order valence-electron chi connectivity index (χ0n) is 5.95. The Labute approximate surface area is 69.2 Å². The molecule has 1 heterocycles. The van der Waals surface area contributed by atoms with E-state index in [1.54, 1.807) is 0 Å². The first-order valence-corrected chi connectivity index (χ1v) is 4.08. The molecule has 0 amide bonds. The van der Waals surface area contributed by atoms with Crippen molar-refractivity contribution in [1.29, 1.82) is 5.26 Å². The van der Waals surface area contributed by atoms with Crippen molar-refractivity contribution in [3.05, 3.63) is 16.3 Å². The minimum atomic E-state index is -0.178. The topological polar surface area (TPSA) is 75.8 Å². The van der Waals surface area contributed by atoms with Crippen LogP contribution in [-0.2, 0) is 0 Å². The van der Waals surface area contributed by atoms with Crippen LogP contribution in [0.3, 0.4) is 0 Å². The van der Waals surface area contributed by atoms with Gasteiger partial charge in [0.2, 0.25) is 0 Å². The van der Waals surface area contributed by atoms with Gasteiger partial charge in [0.1, 0.15) is 0 Å². The normalized spacial score (nSPS) is 12.4. The van der Waals surface area contributed by atoms with E-state index >= 15 is 0 Å². The minimum Gasteiger partial charge on any atom is -0.398 e. The van der Waals surface area contributed by atoms with E-state index in [0.29, 0.717) is 6.42 Å². The number of thiophene rings is 1. The highest BCUT2D eigenvalue weighted by atomic mass is 32.1. The molecule has 0 fully saturated rings. The zero-order valence-corrected chi connectivity index (χ0v) is 6.77. The van der Waals surface area contributed by atoms with Crippen LogP contribution in [0.4, 0.5) is 5.69 Å². The largest absolute Gasteiger partial charge is 0.398 e. The molecule has 0 aliphatic rings. The highest BCUT2D eigenvalue weighted by Gasteiger charge is 2.06. The van der Waals surface area contributed by atoms with Crippen LogP contribution in [0.1, 0.15) is 17.3 Å². The first kappa shape index (κ1) is 8.05. The molecule has 58 valence electrons. The summed E-state index contributed by atoms with van der Waals surface area (Å²) in [5.74, 6) is 0. The molecule has 4 heteroatoms. The van der Waals surface area contributed by atoms with E-state index in [1.165, 1.54) is 11.3 Å². The number of anilines is 1. The van der Waals surface area contributed by atoms with Gasteiger partial charge in [0.25, 0.3) is 0 Å². The zero-order chi connectivity index (χ0) is 8.27. The van der Waals surface area contributed by atoms with E-state index in [4.69, 9.17) is 16.7 Å². The molecule has 0 aromatic carbocycles. The lowest BCUT2D eigenvalue weighted by molar-refractivity contribution is 0.765. The molecular formula is C7H9N3S. The minimum absolute atomic E-state index is 0.178. The molecule has 4 N–H and O–H groups in total. The monoisotopic (exact) mass is 167 g/mol. The van der Waals surface area contributed by atoms with Crippen molar-refractivity contribution in [2.24, 2.45) is 5.73 Å². The Hall–Kier alpha value is -1.05. The number of nitriles is 1. The van der Waals surface area contributed by atoms with Gasteiger partial charge in [0.15, 0.2) is 0 Å². The molecule has 1 aromatic heterocycles. The third kappa shape index (κ3) is 1.93. The fourth-order valence-electron chi connectivity index (χ4n) is 0.762. The van der Waals surface area contributed by atoms with Gasteiger partial charge in [-0.25, -0.2) is 0 Å². The Bertz CT molecular complexity index is 273.